The van der Waals surface area contributed by atoms with Crippen molar-refractivity contribution in [2.75, 3.05) is 13.1 Å². The summed E-state index contributed by atoms with van der Waals surface area (Å²) < 4.78 is 1.99. The molecule has 0 unspecified atom stereocenters. The number of aromatic nitrogens is 8. The van der Waals surface area contributed by atoms with E-state index in [1.54, 1.807) is 0 Å². The number of aryl methyl sites for hydroxylation is 1. The molecule has 0 aliphatic carbocycles. The number of hydrogen-bond acceptors (Lipinski definition) is 6. The fraction of sp³-hybridized carbons (Fsp3) is 0.222. The van der Waals surface area contributed by atoms with E-state index in [2.05, 4.69) is 36.1 Å². The molecule has 36 heavy (non-hydrogen) atoms. The molecule has 0 saturated carbocycles. The zero-order valence-electron chi connectivity index (χ0n) is 19.9. The molecular weight excluding hydrogens is 450 g/mol. The van der Waals surface area contributed by atoms with Crippen LogP contribution in [0.25, 0.3) is 50.5 Å². The number of likely N-dealkylation sites (tertiary alicyclic amines) is 1. The second-order valence-electron chi connectivity index (χ2n) is 9.41. The molecule has 7 rings (SSSR count). The second kappa shape index (κ2) is 8.39. The van der Waals surface area contributed by atoms with E-state index in [4.69, 9.17) is 9.97 Å². The Morgan fingerprint density at radius 1 is 0.972 bits per heavy atom. The summed E-state index contributed by atoms with van der Waals surface area (Å²) in [6.07, 6.45) is 10.2. The molecule has 0 amide bonds. The fourth-order valence-corrected chi connectivity index (χ4v) is 5.03. The molecule has 1 aliphatic rings. The first-order valence-electron chi connectivity index (χ1n) is 12.2. The molecule has 0 radical (unpaired) electrons. The van der Waals surface area contributed by atoms with Crippen LogP contribution in [0.5, 0.6) is 0 Å². The standard InChI is InChI=1S/C27H25N9/c1-17-14-36(16-29-17)23-6-4-5-21-24(23)32-27(31-21)26-25-22(33-34-26)8-7-20(30-25)19-11-18(12-28-13-19)15-35-9-2-3-10-35/h4-8,11-14,16H,2-3,9-10,15H2,1H3,(H,31,32)(H,33,34). The van der Waals surface area contributed by atoms with Crippen LogP contribution >= 0.6 is 0 Å². The molecule has 178 valence electrons. The summed E-state index contributed by atoms with van der Waals surface area (Å²) >= 11 is 0. The molecule has 0 spiro atoms. The minimum Gasteiger partial charge on any atom is -0.336 e. The maximum atomic E-state index is 4.99. The Labute approximate surface area is 207 Å². The first-order chi connectivity index (χ1) is 17.7. The Bertz CT molecular complexity index is 1700. The van der Waals surface area contributed by atoms with E-state index in [0.29, 0.717) is 11.5 Å². The molecule has 6 heterocycles. The van der Waals surface area contributed by atoms with Crippen LogP contribution in [0.4, 0.5) is 0 Å². The van der Waals surface area contributed by atoms with E-state index >= 15 is 0 Å². The Kier molecular flexibility index (Phi) is 4.88. The van der Waals surface area contributed by atoms with Gasteiger partial charge in [-0.25, -0.2) is 15.0 Å². The number of imidazole rings is 2. The van der Waals surface area contributed by atoms with Crippen molar-refractivity contribution in [3.05, 3.63) is 72.6 Å². The first kappa shape index (κ1) is 21.0. The number of nitrogens with zero attached hydrogens (tertiary/aromatic N) is 7. The van der Waals surface area contributed by atoms with E-state index in [9.17, 15) is 0 Å². The highest BCUT2D eigenvalue weighted by Crippen LogP contribution is 2.29. The molecule has 9 heteroatoms. The van der Waals surface area contributed by atoms with Gasteiger partial charge in [0.05, 0.1) is 34.4 Å². The first-order valence-corrected chi connectivity index (χ1v) is 12.2. The van der Waals surface area contributed by atoms with Crippen molar-refractivity contribution >= 4 is 22.1 Å². The fourth-order valence-electron chi connectivity index (χ4n) is 5.03. The predicted molar refractivity (Wildman–Crippen MR) is 139 cm³/mol. The Morgan fingerprint density at radius 2 is 1.89 bits per heavy atom. The largest absolute Gasteiger partial charge is 0.336 e. The maximum absolute atomic E-state index is 4.99. The van der Waals surface area contributed by atoms with Crippen LogP contribution in [0.15, 0.2) is 61.3 Å². The Morgan fingerprint density at radius 3 is 2.75 bits per heavy atom. The minimum atomic E-state index is 0.672. The average Bonchev–Trinajstić information content (AvgIpc) is 3.70. The lowest BCUT2D eigenvalue weighted by molar-refractivity contribution is 0.331. The van der Waals surface area contributed by atoms with Crippen LogP contribution in [-0.4, -0.2) is 57.7 Å². The van der Waals surface area contributed by atoms with Crippen LogP contribution < -0.4 is 0 Å². The number of pyridine rings is 2. The average molecular weight is 476 g/mol. The summed E-state index contributed by atoms with van der Waals surface area (Å²) in [4.78, 5) is 24.7. The molecule has 1 saturated heterocycles. The smallest absolute Gasteiger partial charge is 0.161 e. The molecule has 9 nitrogen and oxygen atoms in total. The number of H-pyrrole nitrogens is 2. The number of hydrogen-bond donors (Lipinski definition) is 2. The van der Waals surface area contributed by atoms with Gasteiger partial charge in [-0.2, -0.15) is 5.10 Å². The van der Waals surface area contributed by atoms with Crippen molar-refractivity contribution in [2.45, 2.75) is 26.3 Å². The number of para-hydroxylation sites is 1. The topological polar surface area (TPSA) is 104 Å². The number of rotatable bonds is 5. The van der Waals surface area contributed by atoms with Crippen molar-refractivity contribution in [1.29, 1.82) is 0 Å². The molecule has 6 aromatic rings. The molecule has 1 aliphatic heterocycles. The maximum Gasteiger partial charge on any atom is 0.161 e. The van der Waals surface area contributed by atoms with E-state index in [1.807, 2.05) is 66.7 Å². The summed E-state index contributed by atoms with van der Waals surface area (Å²) in [5.74, 6) is 0.672. The quantitative estimate of drug-likeness (QED) is 0.376. The van der Waals surface area contributed by atoms with Crippen molar-refractivity contribution < 1.29 is 0 Å². The number of aromatic amines is 2. The van der Waals surface area contributed by atoms with Crippen LogP contribution in [0.2, 0.25) is 0 Å². The van der Waals surface area contributed by atoms with Gasteiger partial charge in [0.1, 0.15) is 11.0 Å². The number of benzene rings is 1. The van der Waals surface area contributed by atoms with Gasteiger partial charge < -0.3 is 9.55 Å². The summed E-state index contributed by atoms with van der Waals surface area (Å²) in [5.41, 5.74) is 9.12. The Hall–Kier alpha value is -4.37. The van der Waals surface area contributed by atoms with Crippen LogP contribution in [0.3, 0.4) is 0 Å². The molecule has 1 aromatic carbocycles. The van der Waals surface area contributed by atoms with E-state index in [1.165, 1.54) is 18.4 Å². The van der Waals surface area contributed by atoms with Crippen LogP contribution in [0.1, 0.15) is 24.1 Å². The van der Waals surface area contributed by atoms with Gasteiger partial charge in [-0.15, -0.1) is 0 Å². The van der Waals surface area contributed by atoms with Gasteiger partial charge in [0.15, 0.2) is 11.5 Å². The van der Waals surface area contributed by atoms with Gasteiger partial charge >= 0.3 is 0 Å². The van der Waals surface area contributed by atoms with Gasteiger partial charge in [0.2, 0.25) is 0 Å². The van der Waals surface area contributed by atoms with Crippen molar-refractivity contribution in [2.24, 2.45) is 0 Å². The van der Waals surface area contributed by atoms with Crippen LogP contribution in [-0.2, 0) is 6.54 Å². The van der Waals surface area contributed by atoms with Gasteiger partial charge in [-0.05, 0) is 68.8 Å². The number of fused-ring (bicyclic) bond motifs is 2. The minimum absolute atomic E-state index is 0.672. The zero-order chi connectivity index (χ0) is 24.1. The van der Waals surface area contributed by atoms with Gasteiger partial charge in [-0.3, -0.25) is 15.0 Å². The lowest BCUT2D eigenvalue weighted by atomic mass is 10.1. The monoisotopic (exact) mass is 475 g/mol. The lowest BCUT2D eigenvalue weighted by Crippen LogP contribution is -2.18. The Balaban J connectivity index is 1.28. The second-order valence-corrected chi connectivity index (χ2v) is 9.41. The van der Waals surface area contributed by atoms with E-state index in [0.717, 1.165) is 64.3 Å². The SMILES string of the molecule is Cc1cn(-c2cccc3[nH]c(-c4n[nH]c5ccc(-c6cncc(CN7CCCC7)c6)nc45)nc23)cn1. The van der Waals surface area contributed by atoms with E-state index in [-0.39, 0.29) is 0 Å². The molecular formula is C27H25N9. The zero-order valence-corrected chi connectivity index (χ0v) is 19.9. The summed E-state index contributed by atoms with van der Waals surface area (Å²) in [6.45, 7) is 5.22. The lowest BCUT2D eigenvalue weighted by Gasteiger charge is -2.14. The third-order valence-corrected chi connectivity index (χ3v) is 6.81. The highest BCUT2D eigenvalue weighted by atomic mass is 15.2. The van der Waals surface area contributed by atoms with Crippen LogP contribution in [0, 0.1) is 6.92 Å². The number of nitrogens with one attached hydrogen (secondary N) is 2. The molecule has 5 aromatic heterocycles. The molecule has 2 N–H and O–H groups in total. The third kappa shape index (κ3) is 3.64. The van der Waals surface area contributed by atoms with Gasteiger partial charge in [0.25, 0.3) is 0 Å². The van der Waals surface area contributed by atoms with Crippen molar-refractivity contribution in [3.63, 3.8) is 0 Å². The molecule has 1 fully saturated rings. The van der Waals surface area contributed by atoms with Gasteiger partial charge in [0, 0.05) is 30.7 Å². The highest BCUT2D eigenvalue weighted by Gasteiger charge is 2.17. The van der Waals surface area contributed by atoms with Crippen molar-refractivity contribution in [3.8, 4) is 28.5 Å². The van der Waals surface area contributed by atoms with Gasteiger partial charge in [-0.1, -0.05) is 6.07 Å². The summed E-state index contributed by atoms with van der Waals surface area (Å²) in [6, 6.07) is 12.3. The third-order valence-electron chi connectivity index (χ3n) is 6.81. The molecule has 0 atom stereocenters. The highest BCUT2D eigenvalue weighted by molar-refractivity contribution is 5.93. The summed E-state index contributed by atoms with van der Waals surface area (Å²) in [5, 5.41) is 7.67. The summed E-state index contributed by atoms with van der Waals surface area (Å²) in [7, 11) is 0. The predicted octanol–water partition coefficient (Wildman–Crippen LogP) is 4.65. The normalized spacial score (nSPS) is 14.4. The van der Waals surface area contributed by atoms with Crippen molar-refractivity contribution in [1.82, 2.24) is 44.6 Å². The molecule has 0 bridgehead atoms. The van der Waals surface area contributed by atoms with E-state index < -0.39 is 0 Å².